The maximum absolute atomic E-state index is 5.82. The van der Waals surface area contributed by atoms with Crippen molar-refractivity contribution < 1.29 is 4.74 Å². The minimum atomic E-state index is 0. The van der Waals surface area contributed by atoms with Crippen molar-refractivity contribution in [1.82, 2.24) is 10.6 Å². The van der Waals surface area contributed by atoms with Gasteiger partial charge in [0.15, 0.2) is 5.96 Å². The van der Waals surface area contributed by atoms with E-state index in [-0.39, 0.29) is 29.4 Å². The first-order valence-electron chi connectivity index (χ1n) is 7.21. The van der Waals surface area contributed by atoms with Crippen LogP contribution in [0.4, 0.5) is 0 Å². The molecule has 1 aliphatic carbocycles. The third-order valence-electron chi connectivity index (χ3n) is 4.34. The molecule has 0 bridgehead atoms. The number of rotatable bonds is 5. The highest BCUT2D eigenvalue weighted by Crippen LogP contribution is 2.51. The highest BCUT2D eigenvalue weighted by molar-refractivity contribution is 14.0. The minimum absolute atomic E-state index is 0. The van der Waals surface area contributed by atoms with Gasteiger partial charge in [-0.3, -0.25) is 4.99 Å². The van der Waals surface area contributed by atoms with Crippen molar-refractivity contribution in [3.8, 4) is 12.3 Å². The lowest BCUT2D eigenvalue weighted by Gasteiger charge is -2.54. The molecule has 0 radical (unpaired) electrons. The van der Waals surface area contributed by atoms with E-state index < -0.39 is 0 Å². The van der Waals surface area contributed by atoms with Crippen molar-refractivity contribution in [2.24, 2.45) is 16.3 Å². The molecule has 4 nitrogen and oxygen atoms in total. The van der Waals surface area contributed by atoms with Crippen LogP contribution in [-0.4, -0.2) is 49.8 Å². The second kappa shape index (κ2) is 8.49. The minimum Gasteiger partial charge on any atom is -0.377 e. The summed E-state index contributed by atoms with van der Waals surface area (Å²) in [6.45, 7) is 6.32. The summed E-state index contributed by atoms with van der Waals surface area (Å²) in [5, 5.41) is 6.92. The molecule has 6 heteroatoms. The van der Waals surface area contributed by atoms with Gasteiger partial charge in [-0.05, 0) is 6.42 Å². The van der Waals surface area contributed by atoms with E-state index in [0.717, 1.165) is 37.0 Å². The highest BCUT2D eigenvalue weighted by atomic mass is 127. The van der Waals surface area contributed by atoms with Gasteiger partial charge in [0.2, 0.25) is 0 Å². The molecule has 1 heterocycles. The molecule has 1 saturated carbocycles. The molecule has 120 valence electrons. The molecule has 0 spiro atoms. The molecule has 0 aromatic carbocycles. The summed E-state index contributed by atoms with van der Waals surface area (Å²) in [5.41, 5.74) is 0.178. The average Bonchev–Trinajstić information content (AvgIpc) is 2.88. The predicted molar refractivity (Wildman–Crippen MR) is 101 cm³/mol. The van der Waals surface area contributed by atoms with Gasteiger partial charge in [-0.1, -0.05) is 19.8 Å². The molecule has 2 fully saturated rings. The van der Waals surface area contributed by atoms with Crippen LogP contribution in [0.3, 0.4) is 0 Å². The van der Waals surface area contributed by atoms with E-state index in [1.165, 1.54) is 0 Å². The number of nitrogens with one attached hydrogen (secondary N) is 2. The molecule has 2 aliphatic rings. The Bertz CT molecular complexity index is 408. The maximum Gasteiger partial charge on any atom is 0.191 e. The van der Waals surface area contributed by atoms with Gasteiger partial charge in [-0.2, -0.15) is 0 Å². The quantitative estimate of drug-likeness (QED) is 0.233. The van der Waals surface area contributed by atoms with Gasteiger partial charge >= 0.3 is 0 Å². The standard InChI is InChI=1S/C15H25N3OS.HI/c1-5-9-20-10-7-17-14(16-4)18-12-11-6-8-19-13(11)15(12,2)3;/h1,11-13H,6-10H2,2-4H3,(H2,16,17,18);1H. The van der Waals surface area contributed by atoms with E-state index in [1.54, 1.807) is 11.8 Å². The summed E-state index contributed by atoms with van der Waals surface area (Å²) in [6, 6.07) is 0.444. The fraction of sp³-hybridized carbons (Fsp3) is 0.800. The predicted octanol–water partition coefficient (Wildman–Crippen LogP) is 1.95. The topological polar surface area (TPSA) is 45.7 Å². The largest absolute Gasteiger partial charge is 0.377 e. The van der Waals surface area contributed by atoms with Crippen molar-refractivity contribution in [1.29, 1.82) is 0 Å². The summed E-state index contributed by atoms with van der Waals surface area (Å²) < 4.78 is 5.82. The molecule has 2 rings (SSSR count). The van der Waals surface area contributed by atoms with Gasteiger partial charge in [-0.15, -0.1) is 42.2 Å². The average molecular weight is 423 g/mol. The number of aliphatic imine (C=N–C) groups is 1. The number of ether oxygens (including phenoxy) is 1. The molecule has 3 atom stereocenters. The number of hydrogen-bond acceptors (Lipinski definition) is 3. The third kappa shape index (κ3) is 4.20. The Labute approximate surface area is 149 Å². The summed E-state index contributed by atoms with van der Waals surface area (Å²) in [7, 11) is 1.82. The van der Waals surface area contributed by atoms with Gasteiger partial charge in [0.1, 0.15) is 0 Å². The normalized spacial score (nSPS) is 29.6. The van der Waals surface area contributed by atoms with E-state index >= 15 is 0 Å². The summed E-state index contributed by atoms with van der Waals surface area (Å²) >= 11 is 1.76. The Balaban J connectivity index is 0.00000220. The second-order valence-electron chi connectivity index (χ2n) is 5.94. The van der Waals surface area contributed by atoms with Gasteiger partial charge < -0.3 is 15.4 Å². The number of hydrogen-bond donors (Lipinski definition) is 2. The Morgan fingerprint density at radius 2 is 2.29 bits per heavy atom. The zero-order valence-electron chi connectivity index (χ0n) is 13.0. The van der Waals surface area contributed by atoms with Crippen molar-refractivity contribution in [3.05, 3.63) is 0 Å². The number of thioether (sulfide) groups is 1. The molecule has 1 aliphatic heterocycles. The molecule has 0 aromatic heterocycles. The second-order valence-corrected chi connectivity index (χ2v) is 7.05. The van der Waals surface area contributed by atoms with Gasteiger partial charge in [0, 0.05) is 43.3 Å². The summed E-state index contributed by atoms with van der Waals surface area (Å²) in [5.74, 6) is 5.90. The van der Waals surface area contributed by atoms with Crippen LogP contribution in [0.15, 0.2) is 4.99 Å². The van der Waals surface area contributed by atoms with Gasteiger partial charge in [0.05, 0.1) is 11.9 Å². The fourth-order valence-electron chi connectivity index (χ4n) is 3.33. The van der Waals surface area contributed by atoms with Crippen LogP contribution in [-0.2, 0) is 4.74 Å². The SMILES string of the molecule is C#CCSCCNC(=NC)NC1C2CCOC2C1(C)C.I. The number of terminal acetylenes is 1. The zero-order valence-corrected chi connectivity index (χ0v) is 16.2. The Kier molecular flexibility index (Phi) is 7.65. The van der Waals surface area contributed by atoms with E-state index in [0.29, 0.717) is 18.1 Å². The lowest BCUT2D eigenvalue weighted by molar-refractivity contribution is -0.106. The lowest BCUT2D eigenvalue weighted by atomic mass is 9.57. The van der Waals surface area contributed by atoms with Crippen molar-refractivity contribution in [3.63, 3.8) is 0 Å². The van der Waals surface area contributed by atoms with E-state index in [1.807, 2.05) is 7.05 Å². The first-order chi connectivity index (χ1) is 9.61. The molecular formula is C15H26IN3OS. The lowest BCUT2D eigenvalue weighted by Crippen LogP contribution is -2.68. The molecular weight excluding hydrogens is 397 g/mol. The zero-order chi connectivity index (χ0) is 14.6. The maximum atomic E-state index is 5.82. The van der Waals surface area contributed by atoms with Crippen molar-refractivity contribution in [2.75, 3.05) is 31.7 Å². The number of fused-ring (bicyclic) bond motifs is 1. The van der Waals surface area contributed by atoms with Gasteiger partial charge in [-0.25, -0.2) is 0 Å². The van der Waals surface area contributed by atoms with E-state index in [9.17, 15) is 0 Å². The summed E-state index contributed by atoms with van der Waals surface area (Å²) in [4.78, 5) is 4.31. The van der Waals surface area contributed by atoms with Crippen LogP contribution in [0.25, 0.3) is 0 Å². The van der Waals surface area contributed by atoms with Crippen molar-refractivity contribution >= 4 is 41.7 Å². The molecule has 21 heavy (non-hydrogen) atoms. The van der Waals surface area contributed by atoms with Crippen LogP contribution in [0.5, 0.6) is 0 Å². The number of nitrogens with zero attached hydrogens (tertiary/aromatic N) is 1. The first kappa shape index (κ1) is 18.9. The fourth-order valence-corrected chi connectivity index (χ4v) is 3.84. The molecule has 0 aromatic rings. The van der Waals surface area contributed by atoms with Crippen LogP contribution in [0.1, 0.15) is 20.3 Å². The molecule has 1 saturated heterocycles. The third-order valence-corrected chi connectivity index (χ3v) is 5.20. The molecule has 0 amide bonds. The Morgan fingerprint density at radius 1 is 1.52 bits per heavy atom. The van der Waals surface area contributed by atoms with Crippen LogP contribution >= 0.6 is 35.7 Å². The number of halogens is 1. The van der Waals surface area contributed by atoms with Crippen LogP contribution < -0.4 is 10.6 Å². The highest BCUT2D eigenvalue weighted by Gasteiger charge is 2.59. The Morgan fingerprint density at radius 3 is 2.95 bits per heavy atom. The number of guanidine groups is 1. The first-order valence-corrected chi connectivity index (χ1v) is 8.36. The van der Waals surface area contributed by atoms with E-state index in [2.05, 4.69) is 35.4 Å². The Hall–Kier alpha value is -0.130. The van der Waals surface area contributed by atoms with Crippen LogP contribution in [0.2, 0.25) is 0 Å². The smallest absolute Gasteiger partial charge is 0.191 e. The molecule has 3 unspecified atom stereocenters. The van der Waals surface area contributed by atoms with Gasteiger partial charge in [0.25, 0.3) is 0 Å². The molecule has 2 N–H and O–H groups in total. The van der Waals surface area contributed by atoms with Crippen LogP contribution in [0, 0.1) is 23.7 Å². The van der Waals surface area contributed by atoms with Crippen molar-refractivity contribution in [2.45, 2.75) is 32.4 Å². The van der Waals surface area contributed by atoms with E-state index in [4.69, 9.17) is 11.2 Å². The summed E-state index contributed by atoms with van der Waals surface area (Å²) in [6.07, 6.45) is 6.79. The monoisotopic (exact) mass is 423 g/mol.